The Hall–Kier alpha value is -1.43. The highest BCUT2D eigenvalue weighted by molar-refractivity contribution is 14.1. The van der Waals surface area contributed by atoms with E-state index in [9.17, 15) is 9.59 Å². The zero-order valence-electron chi connectivity index (χ0n) is 16.0. The molecule has 0 bridgehead atoms. The molecule has 0 saturated carbocycles. The molecule has 1 saturated heterocycles. The number of halogens is 3. The van der Waals surface area contributed by atoms with E-state index < -0.39 is 0 Å². The lowest BCUT2D eigenvalue weighted by atomic mass is 10.0. The highest BCUT2D eigenvalue weighted by Crippen LogP contribution is 2.38. The number of ether oxygens (including phenoxy) is 1. The minimum absolute atomic E-state index is 0.134. The summed E-state index contributed by atoms with van der Waals surface area (Å²) in [5, 5.41) is 2.89. The number of amides is 2. The number of nitrogens with one attached hydrogen (secondary N) is 1. The summed E-state index contributed by atoms with van der Waals surface area (Å²) < 4.78 is 7.96. The van der Waals surface area contributed by atoms with Crippen LogP contribution in [-0.4, -0.2) is 55.0 Å². The Morgan fingerprint density at radius 3 is 2.47 bits per heavy atom. The molecule has 0 aliphatic carbocycles. The van der Waals surface area contributed by atoms with Crippen LogP contribution >= 0.6 is 54.5 Å². The molecule has 30 heavy (non-hydrogen) atoms. The molecule has 0 unspecified atom stereocenters. The second-order valence-electron chi connectivity index (χ2n) is 7.17. The smallest absolute Gasteiger partial charge is 0.408 e. The van der Waals surface area contributed by atoms with Crippen LogP contribution in [0.15, 0.2) is 39.3 Å². The lowest BCUT2D eigenvalue weighted by Gasteiger charge is -2.31. The fourth-order valence-electron chi connectivity index (χ4n) is 3.37. The summed E-state index contributed by atoms with van der Waals surface area (Å²) in [6, 6.07) is 9.52. The summed E-state index contributed by atoms with van der Waals surface area (Å²) >= 11 is 9.24. The van der Waals surface area contributed by atoms with Crippen LogP contribution < -0.4 is 10.1 Å². The minimum atomic E-state index is -0.366. The Bertz CT molecular complexity index is 1040. The Balaban J connectivity index is 1.58. The van der Waals surface area contributed by atoms with E-state index in [2.05, 4.69) is 64.7 Å². The Morgan fingerprint density at radius 1 is 1.13 bits per heavy atom. The Kier molecular flexibility index (Phi) is 6.52. The zero-order valence-corrected chi connectivity index (χ0v) is 21.4. The van der Waals surface area contributed by atoms with E-state index in [0.717, 1.165) is 33.5 Å². The molecule has 2 aromatic carbocycles. The number of fused-ring (bicyclic) bond motifs is 1. The summed E-state index contributed by atoms with van der Waals surface area (Å²) in [5.41, 5.74) is 3.10. The van der Waals surface area contributed by atoms with Crippen LogP contribution in [0.2, 0.25) is 0 Å². The second-order valence-corrected chi connectivity index (χ2v) is 10.1. The molecule has 0 aromatic heterocycles. The first-order valence-corrected chi connectivity index (χ1v) is 12.0. The maximum absolute atomic E-state index is 12.5. The van der Waals surface area contributed by atoms with Crippen molar-refractivity contribution in [3.63, 3.8) is 0 Å². The van der Waals surface area contributed by atoms with E-state index in [0.29, 0.717) is 33.4 Å². The van der Waals surface area contributed by atoms with Gasteiger partial charge in [-0.25, -0.2) is 4.79 Å². The molecule has 4 rings (SSSR count). The Morgan fingerprint density at radius 2 is 1.80 bits per heavy atom. The van der Waals surface area contributed by atoms with E-state index in [-0.39, 0.29) is 12.0 Å². The van der Waals surface area contributed by atoms with Crippen molar-refractivity contribution in [1.82, 2.24) is 9.80 Å². The summed E-state index contributed by atoms with van der Waals surface area (Å²) in [7, 11) is 2.03. The highest BCUT2D eigenvalue weighted by Gasteiger charge is 2.25. The first-order chi connectivity index (χ1) is 14.3. The predicted octanol–water partition coefficient (Wildman–Crippen LogP) is 5.06. The zero-order chi connectivity index (χ0) is 21.4. The van der Waals surface area contributed by atoms with E-state index in [1.54, 1.807) is 4.90 Å². The quantitative estimate of drug-likeness (QED) is 0.367. The van der Waals surface area contributed by atoms with Crippen LogP contribution in [0.3, 0.4) is 0 Å². The monoisotopic (exact) mass is 645 g/mol. The van der Waals surface area contributed by atoms with Crippen molar-refractivity contribution in [2.24, 2.45) is 0 Å². The first kappa shape index (κ1) is 21.8. The van der Waals surface area contributed by atoms with Crippen molar-refractivity contribution < 1.29 is 14.3 Å². The summed E-state index contributed by atoms with van der Waals surface area (Å²) in [4.78, 5) is 28.9. The average Bonchev–Trinajstić information content (AvgIpc) is 3.00. The van der Waals surface area contributed by atoms with Gasteiger partial charge in [0.2, 0.25) is 0 Å². The molecule has 0 atom stereocenters. The molecule has 0 spiro atoms. The van der Waals surface area contributed by atoms with Gasteiger partial charge in [-0.2, -0.15) is 0 Å². The predicted molar refractivity (Wildman–Crippen MR) is 133 cm³/mol. The van der Waals surface area contributed by atoms with Crippen LogP contribution in [0.5, 0.6) is 5.75 Å². The maximum atomic E-state index is 12.5. The van der Waals surface area contributed by atoms with Crippen molar-refractivity contribution in [1.29, 1.82) is 0 Å². The number of hydrogen-bond acceptors (Lipinski definition) is 4. The number of carbonyl (C=O) groups excluding carboxylic acids is 2. The van der Waals surface area contributed by atoms with Gasteiger partial charge in [0.25, 0.3) is 5.91 Å². The number of hydrogen-bond donors (Lipinski definition) is 1. The molecule has 156 valence electrons. The van der Waals surface area contributed by atoms with Crippen molar-refractivity contribution >= 4 is 83.8 Å². The van der Waals surface area contributed by atoms with Gasteiger partial charge < -0.3 is 19.9 Å². The largest absolute Gasteiger partial charge is 0.415 e. The van der Waals surface area contributed by atoms with Crippen molar-refractivity contribution in [3.8, 4) is 5.75 Å². The van der Waals surface area contributed by atoms with E-state index in [4.69, 9.17) is 4.74 Å². The van der Waals surface area contributed by atoms with Gasteiger partial charge >= 0.3 is 6.09 Å². The van der Waals surface area contributed by atoms with Gasteiger partial charge in [0.05, 0.1) is 8.95 Å². The number of benzene rings is 2. The molecule has 2 aliphatic heterocycles. The number of rotatable bonds is 2. The van der Waals surface area contributed by atoms with E-state index >= 15 is 0 Å². The van der Waals surface area contributed by atoms with Gasteiger partial charge in [0, 0.05) is 46.6 Å². The van der Waals surface area contributed by atoms with Crippen molar-refractivity contribution in [2.45, 2.75) is 0 Å². The van der Waals surface area contributed by atoms with Gasteiger partial charge in [-0.3, -0.25) is 4.79 Å². The molecule has 2 amide bonds. The maximum Gasteiger partial charge on any atom is 0.415 e. The molecular weight excluding hydrogens is 629 g/mol. The van der Waals surface area contributed by atoms with E-state index in [1.165, 1.54) is 0 Å². The number of carbonyl (C=O) groups is 2. The third kappa shape index (κ3) is 4.58. The van der Waals surface area contributed by atoms with Crippen molar-refractivity contribution in [3.05, 3.63) is 54.0 Å². The number of piperazine rings is 1. The number of anilines is 1. The van der Waals surface area contributed by atoms with Gasteiger partial charge in [-0.1, -0.05) is 0 Å². The summed E-state index contributed by atoms with van der Waals surface area (Å²) in [6.07, 6.45) is 1.47. The van der Waals surface area contributed by atoms with Crippen LogP contribution in [0, 0.1) is 3.57 Å². The van der Waals surface area contributed by atoms with Gasteiger partial charge in [0.15, 0.2) is 5.75 Å². The lowest BCUT2D eigenvalue weighted by Crippen LogP contribution is -2.48. The van der Waals surface area contributed by atoms with Crippen LogP contribution in [-0.2, 0) is 4.79 Å². The lowest BCUT2D eigenvalue weighted by molar-refractivity contribution is -0.110. The topological polar surface area (TPSA) is 61.9 Å². The fraction of sp³-hybridized carbons (Fsp3) is 0.238. The minimum Gasteiger partial charge on any atom is -0.408 e. The van der Waals surface area contributed by atoms with Crippen LogP contribution in [0.25, 0.3) is 11.6 Å². The molecule has 2 aliphatic rings. The molecule has 1 N–H and O–H groups in total. The first-order valence-electron chi connectivity index (χ1n) is 9.29. The number of nitrogens with zero attached hydrogens (tertiary/aromatic N) is 2. The molecule has 9 heteroatoms. The summed E-state index contributed by atoms with van der Waals surface area (Å²) in [6.45, 7) is 2.93. The Labute approximate surface area is 205 Å². The second kappa shape index (κ2) is 8.97. The molecule has 2 heterocycles. The van der Waals surface area contributed by atoms with Crippen LogP contribution in [0.4, 0.5) is 10.5 Å². The third-order valence-corrected chi connectivity index (χ3v) is 6.90. The normalized spacial score (nSPS) is 17.8. The van der Waals surface area contributed by atoms with E-state index in [1.807, 2.05) is 43.5 Å². The molecular formula is C21H18Br2IN3O3. The van der Waals surface area contributed by atoms with Gasteiger partial charge in [-0.05, 0) is 103 Å². The van der Waals surface area contributed by atoms with Crippen molar-refractivity contribution in [2.75, 3.05) is 38.5 Å². The van der Waals surface area contributed by atoms with Crippen LogP contribution in [0.1, 0.15) is 11.1 Å². The van der Waals surface area contributed by atoms with Gasteiger partial charge in [0.1, 0.15) is 0 Å². The highest BCUT2D eigenvalue weighted by atomic mass is 127. The molecule has 6 nitrogen and oxygen atoms in total. The average molecular weight is 647 g/mol. The SMILES string of the molecule is CN1CCN(C(=O)Oc2c(Br)cc(/C=C3\C(=O)Nc4ccc(I)cc43)cc2Br)CC1. The standard InChI is InChI=1S/C21H18Br2IN3O3/c1-26-4-6-27(7-5-26)21(29)30-19-16(22)9-12(10-17(19)23)8-15-14-11-13(24)2-3-18(14)25-20(15)28/h2-3,8-11H,4-7H2,1H3,(H,25,28)/b15-8-. The molecule has 2 aromatic rings. The van der Waals surface area contributed by atoms with Gasteiger partial charge in [-0.15, -0.1) is 0 Å². The molecule has 1 fully saturated rings. The summed E-state index contributed by atoms with van der Waals surface area (Å²) in [5.74, 6) is 0.289. The third-order valence-electron chi connectivity index (χ3n) is 5.05. The molecule has 0 radical (unpaired) electrons. The number of likely N-dealkylation sites (N-methyl/N-ethyl adjacent to an activating group) is 1. The fourth-order valence-corrected chi connectivity index (χ4v) is 5.25.